The Morgan fingerprint density at radius 3 is 3.10 bits per heavy atom. The molecule has 3 rings (SSSR count). The Labute approximate surface area is 121 Å². The van der Waals surface area contributed by atoms with Crippen molar-refractivity contribution in [1.29, 1.82) is 0 Å². The molecular formula is C14H17N3O2S. The van der Waals surface area contributed by atoms with Gasteiger partial charge in [0.25, 0.3) is 0 Å². The Morgan fingerprint density at radius 2 is 2.35 bits per heavy atom. The summed E-state index contributed by atoms with van der Waals surface area (Å²) in [6.45, 7) is 3.85. The average Bonchev–Trinajstić information content (AvgIpc) is 2.79. The standard InChI is InChI=1S/C14H17N3O2S/c1-7-4-3-5-9-10(7)11-12(17-8(2)14(18)19)15-6-16-13(11)20-9/h6-8H,3-5H2,1-2H3,(H,18,19)(H,15,16,17). The number of nitrogens with one attached hydrogen (secondary N) is 1. The Balaban J connectivity index is 2.13. The first-order valence-electron chi connectivity index (χ1n) is 6.83. The molecule has 2 unspecified atom stereocenters. The number of carboxylic acids is 1. The van der Waals surface area contributed by atoms with Gasteiger partial charge in [-0.05, 0) is 37.7 Å². The molecule has 2 heterocycles. The van der Waals surface area contributed by atoms with Crippen molar-refractivity contribution >= 4 is 33.3 Å². The molecule has 2 atom stereocenters. The van der Waals surface area contributed by atoms with Gasteiger partial charge in [0.05, 0.1) is 5.39 Å². The minimum Gasteiger partial charge on any atom is -0.480 e. The van der Waals surface area contributed by atoms with E-state index in [0.29, 0.717) is 11.7 Å². The number of hydrogen-bond acceptors (Lipinski definition) is 5. The van der Waals surface area contributed by atoms with Crippen LogP contribution in [0.2, 0.25) is 0 Å². The van der Waals surface area contributed by atoms with Crippen molar-refractivity contribution in [2.45, 2.75) is 45.1 Å². The highest BCUT2D eigenvalue weighted by atomic mass is 32.1. The summed E-state index contributed by atoms with van der Waals surface area (Å²) >= 11 is 1.71. The normalized spacial score (nSPS) is 19.6. The SMILES string of the molecule is CC(Nc1ncnc2sc3c(c12)C(C)CCC3)C(=O)O. The topological polar surface area (TPSA) is 75.1 Å². The second-order valence-corrected chi connectivity index (χ2v) is 6.42. The Morgan fingerprint density at radius 1 is 1.55 bits per heavy atom. The summed E-state index contributed by atoms with van der Waals surface area (Å²) in [7, 11) is 0. The van der Waals surface area contributed by atoms with Crippen LogP contribution in [0.25, 0.3) is 10.2 Å². The van der Waals surface area contributed by atoms with Gasteiger partial charge in [0, 0.05) is 4.88 Å². The third-order valence-corrected chi connectivity index (χ3v) is 5.03. The van der Waals surface area contributed by atoms with Crippen molar-refractivity contribution in [3.63, 3.8) is 0 Å². The van der Waals surface area contributed by atoms with Crippen LogP contribution >= 0.6 is 11.3 Å². The van der Waals surface area contributed by atoms with Crippen LogP contribution in [0.5, 0.6) is 0 Å². The van der Waals surface area contributed by atoms with Crippen LogP contribution in [0.3, 0.4) is 0 Å². The van der Waals surface area contributed by atoms with Crippen LogP contribution in [0.4, 0.5) is 5.82 Å². The van der Waals surface area contributed by atoms with Crippen LogP contribution in [0.15, 0.2) is 6.33 Å². The molecular weight excluding hydrogens is 274 g/mol. The summed E-state index contributed by atoms with van der Waals surface area (Å²) in [5.41, 5.74) is 1.32. The van der Waals surface area contributed by atoms with Gasteiger partial charge in [-0.3, -0.25) is 4.79 Å². The van der Waals surface area contributed by atoms with Crippen LogP contribution < -0.4 is 5.32 Å². The van der Waals surface area contributed by atoms with Gasteiger partial charge in [-0.25, -0.2) is 9.97 Å². The van der Waals surface area contributed by atoms with Gasteiger partial charge in [0.2, 0.25) is 0 Å². The molecule has 0 fully saturated rings. The van der Waals surface area contributed by atoms with E-state index >= 15 is 0 Å². The number of thiophene rings is 1. The number of fused-ring (bicyclic) bond motifs is 3. The lowest BCUT2D eigenvalue weighted by Gasteiger charge is -2.20. The predicted molar refractivity (Wildman–Crippen MR) is 79.5 cm³/mol. The third-order valence-electron chi connectivity index (χ3n) is 3.86. The highest BCUT2D eigenvalue weighted by Crippen LogP contribution is 2.43. The molecule has 1 aliphatic carbocycles. The van der Waals surface area contributed by atoms with Gasteiger partial charge in [-0.2, -0.15) is 0 Å². The maximum atomic E-state index is 11.0. The number of carboxylic acid groups (broad SMARTS) is 1. The fourth-order valence-corrected chi connectivity index (χ4v) is 4.10. The van der Waals surface area contributed by atoms with Crippen LogP contribution in [-0.4, -0.2) is 27.1 Å². The Kier molecular flexibility index (Phi) is 3.33. The maximum absolute atomic E-state index is 11.0. The Bertz CT molecular complexity index is 668. The second kappa shape index (κ2) is 5.01. The predicted octanol–water partition coefficient (Wildman–Crippen LogP) is 3.02. The zero-order chi connectivity index (χ0) is 14.3. The number of anilines is 1. The first-order chi connectivity index (χ1) is 9.58. The molecule has 20 heavy (non-hydrogen) atoms. The van der Waals surface area contributed by atoms with Crippen molar-refractivity contribution in [3.8, 4) is 0 Å². The first kappa shape index (κ1) is 13.3. The number of nitrogens with zero attached hydrogens (tertiary/aromatic N) is 2. The van der Waals surface area contributed by atoms with Crippen molar-refractivity contribution in [1.82, 2.24) is 9.97 Å². The quantitative estimate of drug-likeness (QED) is 0.909. The lowest BCUT2D eigenvalue weighted by Crippen LogP contribution is -2.26. The number of hydrogen-bond donors (Lipinski definition) is 2. The summed E-state index contributed by atoms with van der Waals surface area (Å²) in [4.78, 5) is 22.0. The minimum atomic E-state index is -0.881. The summed E-state index contributed by atoms with van der Waals surface area (Å²) in [6, 6.07) is -0.664. The molecule has 0 radical (unpaired) electrons. The number of rotatable bonds is 3. The van der Waals surface area contributed by atoms with Crippen LogP contribution in [0, 0.1) is 0 Å². The molecule has 0 saturated carbocycles. The summed E-state index contributed by atoms with van der Waals surface area (Å²) in [6.07, 6.45) is 4.98. The third kappa shape index (κ3) is 2.14. The number of aliphatic carboxylic acids is 1. The van der Waals surface area contributed by atoms with E-state index in [2.05, 4.69) is 22.2 Å². The molecule has 1 aliphatic rings. The van der Waals surface area contributed by atoms with E-state index in [1.165, 1.54) is 29.6 Å². The van der Waals surface area contributed by atoms with E-state index in [0.717, 1.165) is 16.6 Å². The average molecular weight is 291 g/mol. The molecule has 6 heteroatoms. The zero-order valence-corrected chi connectivity index (χ0v) is 12.3. The second-order valence-electron chi connectivity index (χ2n) is 5.34. The monoisotopic (exact) mass is 291 g/mol. The van der Waals surface area contributed by atoms with E-state index in [4.69, 9.17) is 5.11 Å². The van der Waals surface area contributed by atoms with Gasteiger partial charge < -0.3 is 10.4 Å². The Hall–Kier alpha value is -1.69. The molecule has 2 aromatic rings. The lowest BCUT2D eigenvalue weighted by atomic mass is 9.87. The molecule has 0 spiro atoms. The molecule has 0 bridgehead atoms. The van der Waals surface area contributed by atoms with E-state index in [9.17, 15) is 4.79 Å². The van der Waals surface area contributed by atoms with E-state index < -0.39 is 12.0 Å². The smallest absolute Gasteiger partial charge is 0.325 e. The molecule has 0 aliphatic heterocycles. The minimum absolute atomic E-state index is 0.485. The zero-order valence-electron chi connectivity index (χ0n) is 11.5. The fourth-order valence-electron chi connectivity index (χ4n) is 2.80. The van der Waals surface area contributed by atoms with E-state index in [1.807, 2.05) is 0 Å². The van der Waals surface area contributed by atoms with Gasteiger partial charge in [0.1, 0.15) is 23.0 Å². The largest absolute Gasteiger partial charge is 0.480 e. The van der Waals surface area contributed by atoms with Crippen molar-refractivity contribution in [2.24, 2.45) is 0 Å². The molecule has 0 saturated heterocycles. The summed E-state index contributed by atoms with van der Waals surface area (Å²) in [5.74, 6) is 0.254. The van der Waals surface area contributed by atoms with Crippen molar-refractivity contribution < 1.29 is 9.90 Å². The van der Waals surface area contributed by atoms with Gasteiger partial charge in [-0.1, -0.05) is 6.92 Å². The van der Waals surface area contributed by atoms with Crippen LogP contribution in [-0.2, 0) is 11.2 Å². The van der Waals surface area contributed by atoms with Gasteiger partial charge >= 0.3 is 5.97 Å². The molecule has 0 amide bonds. The highest BCUT2D eigenvalue weighted by molar-refractivity contribution is 7.19. The van der Waals surface area contributed by atoms with Crippen LogP contribution in [0.1, 0.15) is 43.0 Å². The highest BCUT2D eigenvalue weighted by Gasteiger charge is 2.25. The van der Waals surface area contributed by atoms with E-state index in [1.54, 1.807) is 18.3 Å². The number of aryl methyl sites for hydroxylation is 1. The van der Waals surface area contributed by atoms with Gasteiger partial charge in [0.15, 0.2) is 0 Å². The molecule has 0 aromatic carbocycles. The number of carbonyl (C=O) groups is 1. The molecule has 106 valence electrons. The molecule has 2 aromatic heterocycles. The summed E-state index contributed by atoms with van der Waals surface area (Å²) < 4.78 is 0. The van der Waals surface area contributed by atoms with Crippen molar-refractivity contribution in [3.05, 3.63) is 16.8 Å². The molecule has 2 N–H and O–H groups in total. The maximum Gasteiger partial charge on any atom is 0.325 e. The van der Waals surface area contributed by atoms with Gasteiger partial charge in [-0.15, -0.1) is 11.3 Å². The lowest BCUT2D eigenvalue weighted by molar-refractivity contribution is -0.137. The molecule has 5 nitrogen and oxygen atoms in total. The van der Waals surface area contributed by atoms with E-state index in [-0.39, 0.29) is 0 Å². The first-order valence-corrected chi connectivity index (χ1v) is 7.65. The summed E-state index contributed by atoms with van der Waals surface area (Å²) in [5, 5.41) is 13.1. The number of aromatic nitrogens is 2. The fraction of sp³-hybridized carbons (Fsp3) is 0.500. The van der Waals surface area contributed by atoms with Crippen molar-refractivity contribution in [2.75, 3.05) is 5.32 Å².